The molecule has 2 aromatic carbocycles. The van der Waals surface area contributed by atoms with Crippen LogP contribution >= 0.6 is 0 Å². The number of carbonyl (C=O) groups excluding carboxylic acids is 1. The Balaban J connectivity index is 0.00000186. The van der Waals surface area contributed by atoms with Crippen LogP contribution in [0.1, 0.15) is 97.9 Å². The third-order valence-electron chi connectivity index (χ3n) is 6.99. The molecular weight excluding hydrogens is 475 g/mol. The summed E-state index contributed by atoms with van der Waals surface area (Å²) in [4.78, 5) is 14.3. The van der Waals surface area contributed by atoms with Gasteiger partial charge in [0.1, 0.15) is 0 Å². The number of hydrazine groups is 1. The number of benzene rings is 2. The molecule has 0 radical (unpaired) electrons. The molecule has 2 aliphatic rings. The van der Waals surface area contributed by atoms with Crippen molar-refractivity contribution in [1.29, 1.82) is 0 Å². The molecule has 0 spiro atoms. The van der Waals surface area contributed by atoms with Crippen molar-refractivity contribution in [3.8, 4) is 0 Å². The minimum atomic E-state index is -4.32. The summed E-state index contributed by atoms with van der Waals surface area (Å²) in [6.45, 7) is 11.4. The normalized spacial score (nSPS) is 15.9. The van der Waals surface area contributed by atoms with Gasteiger partial charge in [-0.3, -0.25) is 15.6 Å². The fraction of sp³-hybridized carbons (Fsp3) is 0.500. The van der Waals surface area contributed by atoms with Crippen LogP contribution in [0.2, 0.25) is 0 Å². The predicted octanol–water partition coefficient (Wildman–Crippen LogP) is 7.53. The number of hydrogen-bond donors (Lipinski definition) is 2. The van der Waals surface area contributed by atoms with E-state index in [0.29, 0.717) is 24.4 Å². The molecule has 1 saturated carbocycles. The van der Waals surface area contributed by atoms with Gasteiger partial charge in [-0.25, -0.2) is 0 Å². The molecule has 4 rings (SSSR count). The highest BCUT2D eigenvalue weighted by Gasteiger charge is 2.34. The second-order valence-corrected chi connectivity index (χ2v) is 9.70. The number of fused-ring (bicyclic) bond motifs is 1. The number of nitrogens with one attached hydrogen (secondary N) is 2. The van der Waals surface area contributed by atoms with Gasteiger partial charge in [0.05, 0.1) is 5.56 Å². The van der Waals surface area contributed by atoms with E-state index in [9.17, 15) is 18.0 Å². The molecule has 4 nitrogen and oxygen atoms in total. The van der Waals surface area contributed by atoms with E-state index in [1.165, 1.54) is 6.07 Å². The van der Waals surface area contributed by atoms with Crippen LogP contribution in [-0.4, -0.2) is 23.9 Å². The molecule has 0 unspecified atom stereocenters. The Morgan fingerprint density at radius 2 is 1.76 bits per heavy atom. The van der Waals surface area contributed by atoms with E-state index in [-0.39, 0.29) is 11.9 Å². The lowest BCUT2D eigenvalue weighted by molar-refractivity contribution is -0.138. The molecule has 202 valence electrons. The highest BCUT2D eigenvalue weighted by Crippen LogP contribution is 2.38. The van der Waals surface area contributed by atoms with Gasteiger partial charge < -0.3 is 4.90 Å². The lowest BCUT2D eigenvalue weighted by Crippen LogP contribution is -2.35. The molecule has 7 heteroatoms. The zero-order valence-electron chi connectivity index (χ0n) is 22.3. The predicted molar refractivity (Wildman–Crippen MR) is 144 cm³/mol. The van der Waals surface area contributed by atoms with Crippen molar-refractivity contribution in [1.82, 2.24) is 15.8 Å². The summed E-state index contributed by atoms with van der Waals surface area (Å²) >= 11 is 0. The Labute approximate surface area is 219 Å². The van der Waals surface area contributed by atoms with Crippen LogP contribution < -0.4 is 10.9 Å². The zero-order chi connectivity index (χ0) is 27.0. The first-order chi connectivity index (χ1) is 17.8. The van der Waals surface area contributed by atoms with Crippen molar-refractivity contribution < 1.29 is 18.0 Å². The van der Waals surface area contributed by atoms with Gasteiger partial charge in [-0.2, -0.15) is 13.2 Å². The molecule has 2 aromatic rings. The number of unbranched alkanes of at least 4 members (excludes halogenated alkanes) is 2. The summed E-state index contributed by atoms with van der Waals surface area (Å²) in [7, 11) is 0. The Bertz CT molecular complexity index is 1030. The maximum atomic E-state index is 13.4. The number of aryl methyl sites for hydroxylation is 1. The number of nitrogens with zero attached hydrogens (tertiary/aromatic N) is 1. The number of alkyl halides is 3. The van der Waals surface area contributed by atoms with Gasteiger partial charge >= 0.3 is 6.18 Å². The average molecular weight is 516 g/mol. The Morgan fingerprint density at radius 3 is 2.41 bits per heavy atom. The molecule has 2 N–H and O–H groups in total. The smallest absolute Gasteiger partial charge is 0.308 e. The van der Waals surface area contributed by atoms with E-state index in [1.54, 1.807) is 17.0 Å². The molecule has 1 amide bonds. The van der Waals surface area contributed by atoms with Crippen molar-refractivity contribution in [2.24, 2.45) is 5.92 Å². The van der Waals surface area contributed by atoms with Crippen molar-refractivity contribution in [3.63, 3.8) is 0 Å². The average Bonchev–Trinajstić information content (AvgIpc) is 3.69. The van der Waals surface area contributed by atoms with Gasteiger partial charge in [-0.05, 0) is 61.8 Å². The Kier molecular flexibility index (Phi) is 10.4. The van der Waals surface area contributed by atoms with Gasteiger partial charge in [0.15, 0.2) is 0 Å². The Morgan fingerprint density at radius 1 is 1.05 bits per heavy atom. The molecule has 37 heavy (non-hydrogen) atoms. The molecule has 0 aromatic heterocycles. The van der Waals surface area contributed by atoms with E-state index in [2.05, 4.69) is 17.4 Å². The first kappa shape index (κ1) is 28.9. The van der Waals surface area contributed by atoms with Gasteiger partial charge in [-0.1, -0.05) is 70.0 Å². The quantitative estimate of drug-likeness (QED) is 0.227. The van der Waals surface area contributed by atoms with E-state index >= 15 is 0 Å². The van der Waals surface area contributed by atoms with E-state index in [1.807, 2.05) is 45.0 Å². The fourth-order valence-corrected chi connectivity index (χ4v) is 4.67. The minimum absolute atomic E-state index is 0.0206. The van der Waals surface area contributed by atoms with Crippen LogP contribution in [0.5, 0.6) is 0 Å². The first-order valence-corrected chi connectivity index (χ1v) is 13.5. The summed E-state index contributed by atoms with van der Waals surface area (Å²) in [5.41, 5.74) is 9.55. The number of amides is 1. The van der Waals surface area contributed by atoms with Crippen LogP contribution in [0.4, 0.5) is 13.2 Å². The number of rotatable bonds is 12. The lowest BCUT2D eigenvalue weighted by Gasteiger charge is -2.19. The molecule has 0 saturated heterocycles. The van der Waals surface area contributed by atoms with Crippen molar-refractivity contribution in [3.05, 3.63) is 76.9 Å². The third kappa shape index (κ3) is 7.68. The largest absolute Gasteiger partial charge is 0.416 e. The highest BCUT2D eigenvalue weighted by atomic mass is 19.4. The zero-order valence-corrected chi connectivity index (χ0v) is 22.3. The summed E-state index contributed by atoms with van der Waals surface area (Å²) in [6.07, 6.45) is 2.00. The molecule has 1 atom stereocenters. The molecule has 0 bridgehead atoms. The van der Waals surface area contributed by atoms with Gasteiger partial charge in [-0.15, -0.1) is 0 Å². The summed E-state index contributed by atoms with van der Waals surface area (Å²) < 4.78 is 40.3. The van der Waals surface area contributed by atoms with Crippen LogP contribution in [0.15, 0.2) is 49.0 Å². The maximum Gasteiger partial charge on any atom is 0.416 e. The summed E-state index contributed by atoms with van der Waals surface area (Å²) in [6, 6.07) is 11.9. The maximum absolute atomic E-state index is 13.4. The summed E-state index contributed by atoms with van der Waals surface area (Å²) in [5, 5.41) is 0. The second-order valence-electron chi connectivity index (χ2n) is 9.70. The van der Waals surface area contributed by atoms with E-state index in [0.717, 1.165) is 67.5 Å². The topological polar surface area (TPSA) is 44.4 Å². The van der Waals surface area contributed by atoms with Crippen molar-refractivity contribution in [2.75, 3.05) is 13.1 Å². The van der Waals surface area contributed by atoms with E-state index < -0.39 is 11.7 Å². The molecule has 1 fully saturated rings. The second kappa shape index (κ2) is 13.2. The van der Waals surface area contributed by atoms with Gasteiger partial charge in [0.2, 0.25) is 0 Å². The number of carbonyl (C=O) groups is 1. The third-order valence-corrected chi connectivity index (χ3v) is 6.99. The van der Waals surface area contributed by atoms with Crippen LogP contribution in [0, 0.1) is 5.92 Å². The summed E-state index contributed by atoms with van der Waals surface area (Å²) in [5.74, 6) is 0.612. The van der Waals surface area contributed by atoms with Gasteiger partial charge in [0.25, 0.3) is 5.91 Å². The minimum Gasteiger partial charge on any atom is -0.308 e. The van der Waals surface area contributed by atoms with Crippen LogP contribution in [0.3, 0.4) is 0 Å². The standard InChI is InChI=1S/C28H34F3N3O.C2H6/c1-19(22-14-15-26(28(29,30)31)23(18-22)13-12-21-10-11-21)33-32-16-6-3-7-17-34-20(2)24-8-4-5-9-25(24)27(34)35;1-2/h4-5,8-9,14-15,18-19,21,32-33H,2-3,6-7,10-13,16-17H2,1H3;1-2H3/t19-;/m0./s1. The monoisotopic (exact) mass is 515 g/mol. The highest BCUT2D eigenvalue weighted by molar-refractivity contribution is 6.08. The Hall–Kier alpha value is -2.64. The van der Waals surface area contributed by atoms with Crippen molar-refractivity contribution in [2.45, 2.75) is 77.9 Å². The fourth-order valence-electron chi connectivity index (χ4n) is 4.67. The van der Waals surface area contributed by atoms with Crippen molar-refractivity contribution >= 4 is 11.6 Å². The first-order valence-electron chi connectivity index (χ1n) is 13.5. The van der Waals surface area contributed by atoms with Gasteiger partial charge in [0, 0.05) is 36.0 Å². The molecule has 1 heterocycles. The molecule has 1 aliphatic heterocycles. The van der Waals surface area contributed by atoms with Crippen LogP contribution in [0.25, 0.3) is 5.70 Å². The molecular formula is C30H40F3N3O. The van der Waals surface area contributed by atoms with Crippen LogP contribution in [-0.2, 0) is 12.6 Å². The number of halogens is 3. The van der Waals surface area contributed by atoms with E-state index in [4.69, 9.17) is 0 Å². The SMILES string of the molecule is C=C1c2ccccc2C(=O)N1CCCCCNN[C@@H](C)c1ccc(C(F)(F)F)c(CCC2CC2)c1.CC. The lowest BCUT2D eigenvalue weighted by atomic mass is 9.96. The molecule has 1 aliphatic carbocycles. The number of hydrogen-bond acceptors (Lipinski definition) is 3.